The largest absolute Gasteiger partial charge is 0.458 e. The van der Waals surface area contributed by atoms with Crippen LogP contribution in [0.5, 0.6) is 0 Å². The molecule has 0 bridgehead atoms. The number of carbonyl (C=O) groups excluding carboxylic acids is 1. The van der Waals surface area contributed by atoms with E-state index in [9.17, 15) is 4.79 Å². The van der Waals surface area contributed by atoms with Gasteiger partial charge in [-0.2, -0.15) is 0 Å². The Hall–Kier alpha value is -1.49. The third kappa shape index (κ3) is 4.07. The molecule has 0 amide bonds. The number of nitrogens with two attached hydrogens (primary N) is 1. The van der Waals surface area contributed by atoms with Gasteiger partial charge in [0.2, 0.25) is 0 Å². The summed E-state index contributed by atoms with van der Waals surface area (Å²) >= 11 is 0. The van der Waals surface area contributed by atoms with Gasteiger partial charge in [0.1, 0.15) is 11.8 Å². The molecule has 1 aromatic rings. The number of carbonyl (C=O) groups is 1. The lowest BCUT2D eigenvalue weighted by atomic mass is 10.3. The standard InChI is InChI=1S/C13H22N2O3/c1-4-6-15-9-11(14)8-12(15)13(16)18-10(2)5-7-17-3/h8-10H,4-7,14H2,1-3H3. The van der Waals surface area contributed by atoms with Gasteiger partial charge in [-0.05, 0) is 19.4 Å². The molecular formula is C13H22N2O3. The predicted octanol–water partition coefficient (Wildman–Crippen LogP) is 2.06. The maximum absolute atomic E-state index is 12.0. The van der Waals surface area contributed by atoms with E-state index in [0.29, 0.717) is 24.4 Å². The Morgan fingerprint density at radius 3 is 2.89 bits per heavy atom. The third-order valence-corrected chi connectivity index (χ3v) is 2.63. The molecule has 1 rings (SSSR count). The van der Waals surface area contributed by atoms with E-state index in [1.54, 1.807) is 19.4 Å². The van der Waals surface area contributed by atoms with Crippen molar-refractivity contribution in [2.75, 3.05) is 19.5 Å². The van der Waals surface area contributed by atoms with Crippen molar-refractivity contribution < 1.29 is 14.3 Å². The van der Waals surface area contributed by atoms with Gasteiger partial charge in [-0.1, -0.05) is 6.92 Å². The fraction of sp³-hybridized carbons (Fsp3) is 0.615. The minimum Gasteiger partial charge on any atom is -0.458 e. The Morgan fingerprint density at radius 1 is 1.56 bits per heavy atom. The quantitative estimate of drug-likeness (QED) is 0.756. The van der Waals surface area contributed by atoms with E-state index in [4.69, 9.17) is 15.2 Å². The van der Waals surface area contributed by atoms with Crippen molar-refractivity contribution in [3.8, 4) is 0 Å². The van der Waals surface area contributed by atoms with Crippen LogP contribution in [0.3, 0.4) is 0 Å². The Balaban J connectivity index is 2.65. The van der Waals surface area contributed by atoms with Crippen LogP contribution in [0.15, 0.2) is 12.3 Å². The fourth-order valence-corrected chi connectivity index (χ4v) is 1.72. The topological polar surface area (TPSA) is 66.5 Å². The van der Waals surface area contributed by atoms with Gasteiger partial charge in [0.15, 0.2) is 0 Å². The van der Waals surface area contributed by atoms with Crippen LogP contribution < -0.4 is 5.73 Å². The number of aryl methyl sites for hydroxylation is 1. The number of nitrogens with zero attached hydrogens (tertiary/aromatic N) is 1. The Morgan fingerprint density at radius 2 is 2.28 bits per heavy atom. The fourth-order valence-electron chi connectivity index (χ4n) is 1.72. The van der Waals surface area contributed by atoms with Crippen molar-refractivity contribution in [2.24, 2.45) is 0 Å². The molecule has 5 heteroatoms. The van der Waals surface area contributed by atoms with E-state index in [0.717, 1.165) is 13.0 Å². The molecule has 1 aromatic heterocycles. The number of aromatic nitrogens is 1. The van der Waals surface area contributed by atoms with Crippen LogP contribution in [0.4, 0.5) is 5.69 Å². The van der Waals surface area contributed by atoms with Crippen molar-refractivity contribution >= 4 is 11.7 Å². The minimum absolute atomic E-state index is 0.163. The average molecular weight is 254 g/mol. The molecule has 1 unspecified atom stereocenters. The number of hydrogen-bond donors (Lipinski definition) is 1. The summed E-state index contributed by atoms with van der Waals surface area (Å²) in [5, 5.41) is 0. The summed E-state index contributed by atoms with van der Waals surface area (Å²) in [6, 6.07) is 1.65. The molecule has 1 atom stereocenters. The summed E-state index contributed by atoms with van der Waals surface area (Å²) < 4.78 is 12.1. The molecule has 0 aliphatic heterocycles. The number of anilines is 1. The van der Waals surface area contributed by atoms with Crippen LogP contribution in [-0.4, -0.2) is 30.4 Å². The Kier molecular flexibility index (Phi) is 5.71. The summed E-state index contributed by atoms with van der Waals surface area (Å²) in [6.45, 7) is 5.24. The molecule has 2 N–H and O–H groups in total. The molecule has 102 valence electrons. The lowest BCUT2D eigenvalue weighted by Crippen LogP contribution is -2.19. The van der Waals surface area contributed by atoms with Gasteiger partial charge < -0.3 is 19.8 Å². The molecular weight excluding hydrogens is 232 g/mol. The molecule has 5 nitrogen and oxygen atoms in total. The third-order valence-electron chi connectivity index (χ3n) is 2.63. The van der Waals surface area contributed by atoms with E-state index in [1.807, 2.05) is 18.4 Å². The SMILES string of the molecule is CCCn1cc(N)cc1C(=O)OC(C)CCOC. The number of hydrogen-bond acceptors (Lipinski definition) is 4. The van der Waals surface area contributed by atoms with Crippen LogP contribution >= 0.6 is 0 Å². The van der Waals surface area contributed by atoms with Gasteiger partial charge in [-0.25, -0.2) is 4.79 Å². The molecule has 0 saturated heterocycles. The zero-order chi connectivity index (χ0) is 13.5. The monoisotopic (exact) mass is 254 g/mol. The molecule has 0 aromatic carbocycles. The first-order chi connectivity index (χ1) is 8.58. The van der Waals surface area contributed by atoms with Gasteiger partial charge in [0.25, 0.3) is 0 Å². The van der Waals surface area contributed by atoms with Gasteiger partial charge in [-0.3, -0.25) is 0 Å². The zero-order valence-electron chi connectivity index (χ0n) is 11.3. The molecule has 0 fully saturated rings. The van der Waals surface area contributed by atoms with Gasteiger partial charge in [0, 0.05) is 32.9 Å². The number of methoxy groups -OCH3 is 1. The van der Waals surface area contributed by atoms with Crippen molar-refractivity contribution in [1.29, 1.82) is 0 Å². The smallest absolute Gasteiger partial charge is 0.355 e. The maximum atomic E-state index is 12.0. The number of nitrogen functional groups attached to an aromatic ring is 1. The van der Waals surface area contributed by atoms with Crippen molar-refractivity contribution in [1.82, 2.24) is 4.57 Å². The number of rotatable bonds is 7. The van der Waals surface area contributed by atoms with E-state index < -0.39 is 0 Å². The summed E-state index contributed by atoms with van der Waals surface area (Å²) in [5.41, 5.74) is 6.81. The molecule has 1 heterocycles. The van der Waals surface area contributed by atoms with Gasteiger partial charge in [0.05, 0.1) is 5.69 Å². The molecule has 0 radical (unpaired) electrons. The maximum Gasteiger partial charge on any atom is 0.355 e. The second kappa shape index (κ2) is 7.06. The molecule has 0 saturated carbocycles. The van der Waals surface area contributed by atoms with Crippen LogP contribution in [0.2, 0.25) is 0 Å². The van der Waals surface area contributed by atoms with Crippen LogP contribution in [0.1, 0.15) is 37.2 Å². The highest BCUT2D eigenvalue weighted by atomic mass is 16.5. The normalized spacial score (nSPS) is 12.4. The molecule has 0 spiro atoms. The van der Waals surface area contributed by atoms with Crippen molar-refractivity contribution in [2.45, 2.75) is 39.3 Å². The van der Waals surface area contributed by atoms with Crippen molar-refractivity contribution in [3.63, 3.8) is 0 Å². The first kappa shape index (κ1) is 14.6. The van der Waals surface area contributed by atoms with Crippen molar-refractivity contribution in [3.05, 3.63) is 18.0 Å². The highest BCUT2D eigenvalue weighted by Gasteiger charge is 2.16. The second-order valence-electron chi connectivity index (χ2n) is 4.35. The lowest BCUT2D eigenvalue weighted by Gasteiger charge is -2.13. The minimum atomic E-state index is -0.330. The summed E-state index contributed by atoms with van der Waals surface area (Å²) in [4.78, 5) is 12.0. The Labute approximate surface area is 108 Å². The molecule has 18 heavy (non-hydrogen) atoms. The predicted molar refractivity (Wildman–Crippen MR) is 70.5 cm³/mol. The Bertz CT molecular complexity index is 388. The van der Waals surface area contributed by atoms with E-state index >= 15 is 0 Å². The summed E-state index contributed by atoms with van der Waals surface area (Å²) in [6.07, 6.45) is 3.23. The highest BCUT2D eigenvalue weighted by Crippen LogP contribution is 2.14. The van der Waals surface area contributed by atoms with Crippen LogP contribution in [-0.2, 0) is 16.0 Å². The number of esters is 1. The summed E-state index contributed by atoms with van der Waals surface area (Å²) in [7, 11) is 1.63. The average Bonchev–Trinajstić information content (AvgIpc) is 2.68. The molecule has 0 aliphatic carbocycles. The van der Waals surface area contributed by atoms with E-state index in [-0.39, 0.29) is 12.1 Å². The zero-order valence-corrected chi connectivity index (χ0v) is 11.3. The first-order valence-electron chi connectivity index (χ1n) is 6.24. The van der Waals surface area contributed by atoms with E-state index in [1.165, 1.54) is 0 Å². The lowest BCUT2D eigenvalue weighted by molar-refractivity contribution is 0.0255. The first-order valence-corrected chi connectivity index (χ1v) is 6.24. The van der Waals surface area contributed by atoms with Gasteiger partial charge in [-0.15, -0.1) is 0 Å². The highest BCUT2D eigenvalue weighted by molar-refractivity contribution is 5.89. The second-order valence-corrected chi connectivity index (χ2v) is 4.35. The van der Waals surface area contributed by atoms with Crippen LogP contribution in [0.25, 0.3) is 0 Å². The number of ether oxygens (including phenoxy) is 2. The van der Waals surface area contributed by atoms with Crippen LogP contribution in [0, 0.1) is 0 Å². The van der Waals surface area contributed by atoms with Gasteiger partial charge >= 0.3 is 5.97 Å². The molecule has 0 aliphatic rings. The van der Waals surface area contributed by atoms with E-state index in [2.05, 4.69) is 0 Å². The summed E-state index contributed by atoms with van der Waals surface area (Å²) in [5.74, 6) is -0.330.